The van der Waals surface area contributed by atoms with Gasteiger partial charge in [0.25, 0.3) is 0 Å². The van der Waals surface area contributed by atoms with Gasteiger partial charge in [-0.1, -0.05) is 6.07 Å². The molecule has 0 saturated carbocycles. The number of nitrogens with zero attached hydrogens (tertiary/aromatic N) is 1. The van der Waals surface area contributed by atoms with Gasteiger partial charge in [-0.15, -0.1) is 0 Å². The topological polar surface area (TPSA) is 107 Å². The maximum atomic E-state index is 13.5. The summed E-state index contributed by atoms with van der Waals surface area (Å²) < 4.78 is 18.5. The van der Waals surface area contributed by atoms with Crippen LogP contribution in [0.1, 0.15) is 32.4 Å². The lowest BCUT2D eigenvalue weighted by molar-refractivity contribution is -0.387. The number of carbonyl (C=O) groups excluding carboxylic acids is 1. The number of nitro benzene ring substituents is 1. The van der Waals surface area contributed by atoms with Crippen LogP contribution in [0.3, 0.4) is 0 Å². The van der Waals surface area contributed by atoms with Crippen molar-refractivity contribution < 1.29 is 18.8 Å². The number of nitro groups is 1. The molecule has 8 heteroatoms. The van der Waals surface area contributed by atoms with E-state index in [1.54, 1.807) is 20.8 Å². The smallest absolute Gasteiger partial charge is 0.407 e. The summed E-state index contributed by atoms with van der Waals surface area (Å²) in [6, 6.07) is 2.67. The Hall–Kier alpha value is -2.22. The van der Waals surface area contributed by atoms with Crippen LogP contribution in [0.15, 0.2) is 18.2 Å². The van der Waals surface area contributed by atoms with E-state index in [0.717, 1.165) is 12.1 Å². The van der Waals surface area contributed by atoms with Crippen LogP contribution in [-0.4, -0.2) is 23.2 Å². The molecule has 1 aromatic carbocycles. The third kappa shape index (κ3) is 5.35. The summed E-state index contributed by atoms with van der Waals surface area (Å²) in [6.07, 6.45) is -0.639. The first-order valence-corrected chi connectivity index (χ1v) is 6.26. The molecule has 0 saturated heterocycles. The number of halogens is 1. The van der Waals surface area contributed by atoms with E-state index in [9.17, 15) is 19.3 Å². The average molecular weight is 299 g/mol. The first-order chi connectivity index (χ1) is 9.60. The van der Waals surface area contributed by atoms with E-state index >= 15 is 0 Å². The Labute approximate surface area is 121 Å². The first kappa shape index (κ1) is 16.8. The summed E-state index contributed by atoms with van der Waals surface area (Å²) in [6.45, 7) is 5.18. The predicted octanol–water partition coefficient (Wildman–Crippen LogP) is 2.26. The molecule has 0 aromatic heterocycles. The van der Waals surface area contributed by atoms with Gasteiger partial charge in [-0.05, 0) is 32.4 Å². The number of nitrogens with two attached hydrogens (primary N) is 1. The predicted molar refractivity (Wildman–Crippen MR) is 74.2 cm³/mol. The fourth-order valence-corrected chi connectivity index (χ4v) is 1.53. The molecule has 1 aromatic rings. The number of benzene rings is 1. The maximum absolute atomic E-state index is 13.5. The molecule has 1 atom stereocenters. The van der Waals surface area contributed by atoms with Crippen molar-refractivity contribution in [3.05, 3.63) is 39.7 Å². The molecular weight excluding hydrogens is 281 g/mol. The molecule has 21 heavy (non-hydrogen) atoms. The van der Waals surface area contributed by atoms with Gasteiger partial charge in [0.2, 0.25) is 5.82 Å². The number of carbonyl (C=O) groups is 1. The Bertz CT molecular complexity index is 543. The zero-order valence-corrected chi connectivity index (χ0v) is 12.1. The molecule has 0 aliphatic carbocycles. The zero-order valence-electron chi connectivity index (χ0n) is 12.1. The van der Waals surface area contributed by atoms with E-state index in [1.165, 1.54) is 6.07 Å². The molecule has 7 nitrogen and oxygen atoms in total. The maximum Gasteiger partial charge on any atom is 0.407 e. The lowest BCUT2D eigenvalue weighted by atomic mass is 10.1. The third-order valence-corrected chi connectivity index (χ3v) is 2.46. The van der Waals surface area contributed by atoms with Crippen LogP contribution < -0.4 is 11.1 Å². The van der Waals surface area contributed by atoms with Gasteiger partial charge in [-0.2, -0.15) is 4.39 Å². The molecule has 0 aliphatic rings. The molecule has 0 aliphatic heterocycles. The molecule has 3 N–H and O–H groups in total. The summed E-state index contributed by atoms with van der Waals surface area (Å²) in [4.78, 5) is 21.1. The van der Waals surface area contributed by atoms with Gasteiger partial charge in [0.15, 0.2) is 0 Å². The Morgan fingerprint density at radius 1 is 1.52 bits per heavy atom. The van der Waals surface area contributed by atoms with Gasteiger partial charge in [-0.3, -0.25) is 10.1 Å². The number of amides is 1. The van der Waals surface area contributed by atoms with Crippen molar-refractivity contribution in [3.63, 3.8) is 0 Å². The number of rotatable bonds is 4. The van der Waals surface area contributed by atoms with Crippen LogP contribution in [0.5, 0.6) is 0 Å². The van der Waals surface area contributed by atoms with Gasteiger partial charge < -0.3 is 15.8 Å². The second-order valence-electron chi connectivity index (χ2n) is 5.46. The molecule has 1 amide bonds. The van der Waals surface area contributed by atoms with Crippen molar-refractivity contribution in [1.82, 2.24) is 5.32 Å². The van der Waals surface area contributed by atoms with Crippen LogP contribution in [0, 0.1) is 15.9 Å². The third-order valence-electron chi connectivity index (χ3n) is 2.46. The minimum absolute atomic E-state index is 0.0200. The Balaban J connectivity index is 2.64. The van der Waals surface area contributed by atoms with E-state index in [4.69, 9.17) is 10.5 Å². The number of nitrogens with one attached hydrogen (secondary N) is 1. The molecule has 1 unspecified atom stereocenters. The van der Waals surface area contributed by atoms with E-state index < -0.39 is 34.2 Å². The Morgan fingerprint density at radius 3 is 2.62 bits per heavy atom. The average Bonchev–Trinajstić information content (AvgIpc) is 2.33. The summed E-state index contributed by atoms with van der Waals surface area (Å²) in [5, 5.41) is 13.0. The second-order valence-corrected chi connectivity index (χ2v) is 5.46. The highest BCUT2D eigenvalue weighted by Gasteiger charge is 2.19. The summed E-state index contributed by atoms with van der Waals surface area (Å²) >= 11 is 0. The van der Waals surface area contributed by atoms with Crippen molar-refractivity contribution in [2.75, 3.05) is 6.54 Å². The van der Waals surface area contributed by atoms with E-state index in [2.05, 4.69) is 5.32 Å². The van der Waals surface area contributed by atoms with Crippen molar-refractivity contribution in [2.24, 2.45) is 5.73 Å². The molecule has 1 rings (SSSR count). The van der Waals surface area contributed by atoms with E-state index in [0.29, 0.717) is 5.56 Å². The molecular formula is C13H18FN3O4. The Kier molecular flexibility index (Phi) is 5.20. The number of hydrogen-bond donors (Lipinski definition) is 2. The summed E-state index contributed by atoms with van der Waals surface area (Å²) in [5.41, 5.74) is 4.89. The van der Waals surface area contributed by atoms with Crippen molar-refractivity contribution in [3.8, 4) is 0 Å². The monoisotopic (exact) mass is 299 g/mol. The fraction of sp³-hybridized carbons (Fsp3) is 0.462. The fourth-order valence-electron chi connectivity index (χ4n) is 1.53. The molecule has 0 fully saturated rings. The Morgan fingerprint density at radius 2 is 2.14 bits per heavy atom. The van der Waals surface area contributed by atoms with Gasteiger partial charge in [0, 0.05) is 18.7 Å². The van der Waals surface area contributed by atoms with Crippen LogP contribution in [-0.2, 0) is 4.74 Å². The highest BCUT2D eigenvalue weighted by atomic mass is 19.1. The van der Waals surface area contributed by atoms with Gasteiger partial charge >= 0.3 is 11.8 Å². The van der Waals surface area contributed by atoms with Gasteiger partial charge in [-0.25, -0.2) is 4.79 Å². The van der Waals surface area contributed by atoms with Crippen molar-refractivity contribution in [2.45, 2.75) is 32.4 Å². The largest absolute Gasteiger partial charge is 0.444 e. The quantitative estimate of drug-likeness (QED) is 0.655. The van der Waals surface area contributed by atoms with Crippen molar-refractivity contribution in [1.29, 1.82) is 0 Å². The highest BCUT2D eigenvalue weighted by molar-refractivity contribution is 5.67. The summed E-state index contributed by atoms with van der Waals surface area (Å²) in [5.74, 6) is -0.967. The number of ether oxygens (including phenoxy) is 1. The van der Waals surface area contributed by atoms with E-state index in [-0.39, 0.29) is 6.54 Å². The summed E-state index contributed by atoms with van der Waals surface area (Å²) in [7, 11) is 0. The molecule has 0 bridgehead atoms. The van der Waals surface area contributed by atoms with Crippen LogP contribution in [0.25, 0.3) is 0 Å². The SMILES string of the molecule is CC(C)(C)OC(=O)NCC(N)c1ccc([N+](=O)[O-])c(F)c1. The first-order valence-electron chi connectivity index (χ1n) is 6.26. The zero-order chi connectivity index (χ0) is 16.2. The standard InChI is InChI=1S/C13H18FN3O4/c1-13(2,3)21-12(18)16-7-10(15)8-4-5-11(17(19)20)9(14)6-8/h4-6,10H,7,15H2,1-3H3,(H,16,18). The second kappa shape index (κ2) is 6.49. The minimum atomic E-state index is -0.967. The normalized spacial score (nSPS) is 12.6. The molecule has 0 radical (unpaired) electrons. The van der Waals surface area contributed by atoms with E-state index in [1.807, 2.05) is 0 Å². The van der Waals surface area contributed by atoms with Crippen LogP contribution in [0.4, 0.5) is 14.9 Å². The lowest BCUT2D eigenvalue weighted by Gasteiger charge is -2.20. The molecule has 116 valence electrons. The van der Waals surface area contributed by atoms with Crippen LogP contribution in [0.2, 0.25) is 0 Å². The number of hydrogen-bond acceptors (Lipinski definition) is 5. The van der Waals surface area contributed by atoms with Gasteiger partial charge in [0.1, 0.15) is 5.60 Å². The minimum Gasteiger partial charge on any atom is -0.444 e. The van der Waals surface area contributed by atoms with Gasteiger partial charge in [0.05, 0.1) is 4.92 Å². The molecule has 0 spiro atoms. The molecule has 0 heterocycles. The number of alkyl carbamates (subject to hydrolysis) is 1. The van der Waals surface area contributed by atoms with Crippen molar-refractivity contribution >= 4 is 11.8 Å². The highest BCUT2D eigenvalue weighted by Crippen LogP contribution is 2.20. The lowest BCUT2D eigenvalue weighted by Crippen LogP contribution is -2.36. The van der Waals surface area contributed by atoms with Crippen LogP contribution >= 0.6 is 0 Å².